The lowest BCUT2D eigenvalue weighted by atomic mass is 9.98. The molecule has 0 atom stereocenters. The van der Waals surface area contributed by atoms with Crippen LogP contribution in [0.5, 0.6) is 5.75 Å². The van der Waals surface area contributed by atoms with Crippen LogP contribution in [0.2, 0.25) is 0 Å². The average molecular weight is 498 g/mol. The number of hydrogen-bond acceptors (Lipinski definition) is 5. The van der Waals surface area contributed by atoms with E-state index < -0.39 is 10.0 Å². The Morgan fingerprint density at radius 1 is 1.21 bits per heavy atom. The van der Waals surface area contributed by atoms with Gasteiger partial charge in [0, 0.05) is 19.0 Å². The number of ether oxygens (including phenoxy) is 1. The summed E-state index contributed by atoms with van der Waals surface area (Å²) in [5.41, 5.74) is 2.18. The molecule has 9 heteroatoms. The molecule has 0 bridgehead atoms. The molecule has 0 spiro atoms. The minimum absolute atomic E-state index is 0.217. The summed E-state index contributed by atoms with van der Waals surface area (Å²) in [5, 5.41) is 0. The highest BCUT2D eigenvalue weighted by Gasteiger charge is 2.32. The van der Waals surface area contributed by atoms with Gasteiger partial charge in [-0.3, -0.25) is 4.79 Å². The fourth-order valence-corrected chi connectivity index (χ4v) is 6.66. The topological polar surface area (TPSA) is 81.0 Å². The number of rotatable bonds is 6. The first-order valence-corrected chi connectivity index (χ1v) is 13.4. The summed E-state index contributed by atoms with van der Waals surface area (Å²) in [6.45, 7) is 2.98. The van der Waals surface area contributed by atoms with Crippen LogP contribution in [-0.4, -0.2) is 43.4 Å². The maximum Gasteiger partial charge on any atom is 0.251 e. The van der Waals surface area contributed by atoms with E-state index in [2.05, 4.69) is 30.0 Å². The van der Waals surface area contributed by atoms with Crippen LogP contribution >= 0.6 is 11.3 Å². The van der Waals surface area contributed by atoms with Crippen LogP contribution in [-0.2, 0) is 27.8 Å². The zero-order valence-electron chi connectivity index (χ0n) is 19.2. The van der Waals surface area contributed by atoms with Crippen molar-refractivity contribution in [3.63, 3.8) is 0 Å². The number of benzene rings is 2. The van der Waals surface area contributed by atoms with Gasteiger partial charge in [0.1, 0.15) is 5.75 Å². The number of aromatic nitrogens is 1. The molecular weight excluding hydrogens is 470 g/mol. The highest BCUT2D eigenvalue weighted by atomic mass is 32.2. The third kappa shape index (κ3) is 4.80. The summed E-state index contributed by atoms with van der Waals surface area (Å²) >= 11 is 1.45. The molecular formula is C25H27N3O4S2. The summed E-state index contributed by atoms with van der Waals surface area (Å²) < 4.78 is 35.4. The van der Waals surface area contributed by atoms with E-state index in [0.717, 1.165) is 16.6 Å². The maximum atomic E-state index is 13.0. The van der Waals surface area contributed by atoms with Crippen LogP contribution in [0.1, 0.15) is 25.3 Å². The number of fused-ring (bicyclic) bond motifs is 1. The van der Waals surface area contributed by atoms with Crippen molar-refractivity contribution in [2.75, 3.05) is 20.2 Å². The third-order valence-corrected chi connectivity index (χ3v) is 9.07. The number of piperidine rings is 1. The summed E-state index contributed by atoms with van der Waals surface area (Å²) in [7, 11) is -2.09. The van der Waals surface area contributed by atoms with E-state index in [4.69, 9.17) is 11.2 Å². The largest absolute Gasteiger partial charge is 0.497 e. The molecule has 1 aromatic heterocycles. The van der Waals surface area contributed by atoms with Gasteiger partial charge in [-0.1, -0.05) is 30.2 Å². The number of terminal acetylenes is 1. The van der Waals surface area contributed by atoms with E-state index in [9.17, 15) is 13.2 Å². The number of methoxy groups -OCH3 is 1. The summed E-state index contributed by atoms with van der Waals surface area (Å²) in [5.74, 6) is 2.69. The highest BCUT2D eigenvalue weighted by Crippen LogP contribution is 2.26. The van der Waals surface area contributed by atoms with Crippen molar-refractivity contribution in [3.05, 3.63) is 52.8 Å². The Hall–Kier alpha value is -2.93. The molecule has 4 rings (SSSR count). The lowest BCUT2D eigenvalue weighted by molar-refractivity contribution is -0.122. The van der Waals surface area contributed by atoms with Gasteiger partial charge in [0.05, 0.1) is 28.8 Å². The lowest BCUT2D eigenvalue weighted by Crippen LogP contribution is -2.40. The first-order valence-electron chi connectivity index (χ1n) is 11.2. The second kappa shape index (κ2) is 10.1. The molecule has 34 heavy (non-hydrogen) atoms. The molecule has 0 saturated carbocycles. The van der Waals surface area contributed by atoms with Gasteiger partial charge >= 0.3 is 0 Å². The average Bonchev–Trinajstić information content (AvgIpc) is 3.20. The van der Waals surface area contributed by atoms with Gasteiger partial charge in [0.15, 0.2) is 4.80 Å². The molecule has 1 fully saturated rings. The number of amides is 1. The predicted molar refractivity (Wildman–Crippen MR) is 133 cm³/mol. The van der Waals surface area contributed by atoms with Gasteiger partial charge in [-0.2, -0.15) is 9.30 Å². The van der Waals surface area contributed by atoms with E-state index >= 15 is 0 Å². The fraction of sp³-hybridized carbons (Fsp3) is 0.360. The van der Waals surface area contributed by atoms with E-state index in [0.29, 0.717) is 29.9 Å². The van der Waals surface area contributed by atoms with Crippen molar-refractivity contribution >= 4 is 37.5 Å². The number of nitrogens with zero attached hydrogens (tertiary/aromatic N) is 3. The molecule has 178 valence electrons. The second-order valence-corrected chi connectivity index (χ2v) is 11.1. The third-order valence-electron chi connectivity index (χ3n) is 6.11. The summed E-state index contributed by atoms with van der Waals surface area (Å²) in [6.07, 6.45) is 7.35. The molecule has 3 aromatic rings. The Bertz CT molecular complexity index is 1410. The number of carbonyl (C=O) groups excluding carboxylic acids is 1. The predicted octanol–water partition coefficient (Wildman–Crippen LogP) is 3.44. The van der Waals surface area contributed by atoms with Crippen molar-refractivity contribution < 1.29 is 17.9 Å². The normalized spacial score (nSPS) is 16.0. The molecule has 1 aliphatic rings. The number of aryl methyl sites for hydroxylation is 1. The molecule has 0 unspecified atom stereocenters. The highest BCUT2D eigenvalue weighted by molar-refractivity contribution is 7.89. The molecule has 7 nitrogen and oxygen atoms in total. The van der Waals surface area contributed by atoms with Gasteiger partial charge in [-0.25, -0.2) is 8.42 Å². The van der Waals surface area contributed by atoms with Gasteiger partial charge in [-0.15, -0.1) is 6.42 Å². The van der Waals surface area contributed by atoms with Gasteiger partial charge < -0.3 is 9.30 Å². The van der Waals surface area contributed by atoms with E-state index in [1.165, 1.54) is 40.4 Å². The minimum Gasteiger partial charge on any atom is -0.497 e. The van der Waals surface area contributed by atoms with Crippen molar-refractivity contribution in [2.45, 2.75) is 37.6 Å². The molecule has 2 heterocycles. The Morgan fingerprint density at radius 2 is 1.91 bits per heavy atom. The van der Waals surface area contributed by atoms with Crippen molar-refractivity contribution in [3.8, 4) is 18.1 Å². The zero-order valence-corrected chi connectivity index (χ0v) is 20.9. The molecule has 2 aromatic carbocycles. The van der Waals surface area contributed by atoms with Crippen molar-refractivity contribution in [2.24, 2.45) is 10.9 Å². The zero-order chi connectivity index (χ0) is 24.3. The van der Waals surface area contributed by atoms with Crippen LogP contribution in [0, 0.1) is 18.3 Å². The van der Waals surface area contributed by atoms with Crippen molar-refractivity contribution in [1.82, 2.24) is 8.87 Å². The van der Waals surface area contributed by atoms with Crippen LogP contribution < -0.4 is 9.54 Å². The first kappa shape index (κ1) is 24.2. The molecule has 1 aliphatic heterocycles. The van der Waals surface area contributed by atoms with Crippen LogP contribution in [0.25, 0.3) is 10.2 Å². The summed E-state index contributed by atoms with van der Waals surface area (Å²) in [6, 6.07) is 12.5. The maximum absolute atomic E-state index is 13.0. The number of thiazole rings is 1. The quantitative estimate of drug-likeness (QED) is 0.489. The number of hydrogen-bond donors (Lipinski definition) is 0. The molecule has 0 aliphatic carbocycles. The van der Waals surface area contributed by atoms with E-state index in [1.54, 1.807) is 12.1 Å². The first-order chi connectivity index (χ1) is 16.4. The van der Waals surface area contributed by atoms with Crippen molar-refractivity contribution in [1.29, 1.82) is 0 Å². The molecule has 1 saturated heterocycles. The Labute approximate surface area is 203 Å². The summed E-state index contributed by atoms with van der Waals surface area (Å²) in [4.78, 5) is 18.2. The smallest absolute Gasteiger partial charge is 0.251 e. The van der Waals surface area contributed by atoms with Crippen LogP contribution in [0.3, 0.4) is 0 Å². The number of carbonyl (C=O) groups is 1. The Balaban J connectivity index is 1.52. The fourth-order valence-electron chi connectivity index (χ4n) is 4.09. The lowest BCUT2D eigenvalue weighted by Gasteiger charge is -2.29. The van der Waals surface area contributed by atoms with Gasteiger partial charge in [0.2, 0.25) is 10.0 Å². The Morgan fingerprint density at radius 3 is 2.53 bits per heavy atom. The molecule has 1 amide bonds. The van der Waals surface area contributed by atoms with Gasteiger partial charge in [0.25, 0.3) is 5.91 Å². The SMILES string of the molecule is C#CCn1c(=NC(=O)C2CCN(S(=O)(=O)c3ccc(OC)cc3)CC2)sc2cc(CC)ccc21. The van der Waals surface area contributed by atoms with E-state index in [1.807, 2.05) is 10.6 Å². The Kier molecular flexibility index (Phi) is 7.22. The molecule has 0 radical (unpaired) electrons. The monoisotopic (exact) mass is 497 g/mol. The number of sulfonamides is 1. The van der Waals surface area contributed by atoms with E-state index in [-0.39, 0.29) is 29.8 Å². The van der Waals surface area contributed by atoms with Crippen LogP contribution in [0.4, 0.5) is 0 Å². The van der Waals surface area contributed by atoms with Gasteiger partial charge in [-0.05, 0) is 61.2 Å². The molecule has 0 N–H and O–H groups in total. The standard InChI is InChI=1S/C25H27N3O4S2/c1-4-14-28-22-11-6-18(5-2)17-23(22)33-25(28)26-24(29)19-12-15-27(16-13-19)34(30,31)21-9-7-20(32-3)8-10-21/h1,6-11,17,19H,5,12-16H2,2-3H3. The second-order valence-electron chi connectivity index (χ2n) is 8.13. The van der Waals surface area contributed by atoms with Crippen LogP contribution in [0.15, 0.2) is 52.4 Å². The minimum atomic E-state index is -3.62.